The molecule has 0 radical (unpaired) electrons. The molecule has 0 saturated carbocycles. The maximum absolute atomic E-state index is 5.90. The van der Waals surface area contributed by atoms with Crippen molar-refractivity contribution < 1.29 is 0 Å². The maximum Gasteiger partial charge on any atom is 0.161 e. The van der Waals surface area contributed by atoms with Crippen LogP contribution in [-0.2, 0) is 12.5 Å². The molecule has 0 aliphatic heterocycles. The van der Waals surface area contributed by atoms with Crippen molar-refractivity contribution in [2.24, 2.45) is 7.05 Å². The third kappa shape index (κ3) is 1.82. The Morgan fingerprint density at radius 1 is 1.38 bits per heavy atom. The van der Waals surface area contributed by atoms with Crippen molar-refractivity contribution in [1.29, 1.82) is 0 Å². The van der Waals surface area contributed by atoms with Crippen LogP contribution in [0.1, 0.15) is 26.6 Å². The molecule has 2 aromatic heterocycles. The van der Waals surface area contributed by atoms with Crippen LogP contribution in [0, 0.1) is 0 Å². The topological polar surface area (TPSA) is 56.7 Å². The number of rotatable bonds is 1. The van der Waals surface area contributed by atoms with Gasteiger partial charge in [-0.05, 0) is 11.4 Å². The predicted octanol–water partition coefficient (Wildman–Crippen LogP) is 2.42. The number of anilines is 1. The number of nitrogens with zero attached hydrogens (tertiary/aromatic N) is 3. The third-order valence-corrected chi connectivity index (χ3v) is 3.12. The van der Waals surface area contributed by atoms with Crippen molar-refractivity contribution in [1.82, 2.24) is 14.8 Å². The Morgan fingerprint density at radius 3 is 2.50 bits per heavy atom. The number of aryl methyl sites for hydroxylation is 1. The first-order valence-corrected chi connectivity index (χ1v) is 6.02. The molecule has 0 saturated heterocycles. The van der Waals surface area contributed by atoms with Gasteiger partial charge in [0.1, 0.15) is 0 Å². The summed E-state index contributed by atoms with van der Waals surface area (Å²) < 4.78 is 1.79. The van der Waals surface area contributed by atoms with Crippen molar-refractivity contribution in [3.05, 3.63) is 17.3 Å². The monoisotopic (exact) mass is 236 g/mol. The Kier molecular flexibility index (Phi) is 2.50. The summed E-state index contributed by atoms with van der Waals surface area (Å²) in [4.78, 5) is 4.56. The fourth-order valence-corrected chi connectivity index (χ4v) is 2.08. The molecule has 2 N–H and O–H groups in total. The summed E-state index contributed by atoms with van der Waals surface area (Å²) in [6.07, 6.45) is 0. The summed E-state index contributed by atoms with van der Waals surface area (Å²) >= 11 is 1.52. The Morgan fingerprint density at radius 2 is 2.06 bits per heavy atom. The van der Waals surface area contributed by atoms with Gasteiger partial charge < -0.3 is 5.73 Å². The summed E-state index contributed by atoms with van der Waals surface area (Å²) in [7, 11) is 1.90. The summed E-state index contributed by atoms with van der Waals surface area (Å²) in [5, 5.41) is 7.19. The Hall–Kier alpha value is -1.36. The molecule has 2 aromatic rings. The van der Waals surface area contributed by atoms with Crippen LogP contribution in [-0.4, -0.2) is 14.8 Å². The first-order chi connectivity index (χ1) is 7.39. The van der Waals surface area contributed by atoms with E-state index >= 15 is 0 Å². The zero-order valence-corrected chi connectivity index (χ0v) is 10.8. The summed E-state index contributed by atoms with van der Waals surface area (Å²) in [5.74, 6) is 1.68. The van der Waals surface area contributed by atoms with Crippen LogP contribution in [0.5, 0.6) is 0 Å². The molecule has 0 amide bonds. The largest absolute Gasteiger partial charge is 0.390 e. The lowest BCUT2D eigenvalue weighted by Crippen LogP contribution is -2.13. The number of aromatic nitrogens is 3. The lowest BCUT2D eigenvalue weighted by molar-refractivity contribution is 0.538. The quantitative estimate of drug-likeness (QED) is 0.827. The fraction of sp³-hybridized carbons (Fsp3) is 0.455. The highest BCUT2D eigenvalue weighted by molar-refractivity contribution is 7.14. The second kappa shape index (κ2) is 3.59. The van der Waals surface area contributed by atoms with Crippen molar-refractivity contribution in [3.8, 4) is 11.4 Å². The molecule has 0 bridgehead atoms. The van der Waals surface area contributed by atoms with Crippen molar-refractivity contribution >= 4 is 16.3 Å². The molecule has 16 heavy (non-hydrogen) atoms. The third-order valence-electron chi connectivity index (χ3n) is 2.37. The van der Waals surface area contributed by atoms with E-state index in [9.17, 15) is 0 Å². The van der Waals surface area contributed by atoms with Gasteiger partial charge in [-0.25, -0.2) is 9.67 Å². The van der Waals surface area contributed by atoms with Gasteiger partial charge in [0.25, 0.3) is 0 Å². The van der Waals surface area contributed by atoms with Crippen LogP contribution in [0.4, 0.5) is 5.00 Å². The molecule has 0 aromatic carbocycles. The van der Waals surface area contributed by atoms with E-state index in [1.165, 1.54) is 11.3 Å². The van der Waals surface area contributed by atoms with Crippen LogP contribution < -0.4 is 5.73 Å². The first-order valence-electron chi connectivity index (χ1n) is 5.14. The van der Waals surface area contributed by atoms with Gasteiger partial charge in [-0.3, -0.25) is 0 Å². The minimum Gasteiger partial charge on any atom is -0.390 e. The minimum atomic E-state index is -0.0409. The lowest BCUT2D eigenvalue weighted by Gasteiger charge is -2.11. The molecule has 0 unspecified atom stereocenters. The van der Waals surface area contributed by atoms with E-state index < -0.39 is 0 Å². The van der Waals surface area contributed by atoms with Gasteiger partial charge in [0.05, 0.1) is 10.6 Å². The molecule has 2 rings (SSSR count). The second-order valence-corrected chi connectivity index (χ2v) is 5.78. The fourth-order valence-electron chi connectivity index (χ4n) is 1.44. The second-order valence-electron chi connectivity index (χ2n) is 4.83. The maximum atomic E-state index is 5.90. The van der Waals surface area contributed by atoms with E-state index in [1.54, 1.807) is 4.68 Å². The standard InChI is InChI=1S/C11H16N4S/c1-11(2,3)10-13-9(15(4)14-10)7-5-6-16-8(7)12/h5-6H,12H2,1-4H3. The van der Waals surface area contributed by atoms with Crippen LogP contribution >= 0.6 is 11.3 Å². The molecule has 0 fully saturated rings. The minimum absolute atomic E-state index is 0.0409. The molecule has 0 spiro atoms. The summed E-state index contributed by atoms with van der Waals surface area (Å²) in [6.45, 7) is 6.30. The summed E-state index contributed by atoms with van der Waals surface area (Å²) in [5.41, 5.74) is 6.82. The van der Waals surface area contributed by atoms with Crippen LogP contribution in [0.3, 0.4) is 0 Å². The first kappa shape index (κ1) is 11.1. The van der Waals surface area contributed by atoms with Gasteiger partial charge in [-0.15, -0.1) is 11.3 Å². The van der Waals surface area contributed by atoms with Crippen LogP contribution in [0.2, 0.25) is 0 Å². The van der Waals surface area contributed by atoms with Gasteiger partial charge in [0.15, 0.2) is 11.6 Å². The highest BCUT2D eigenvalue weighted by atomic mass is 32.1. The zero-order valence-electron chi connectivity index (χ0n) is 9.98. The van der Waals surface area contributed by atoms with Crippen molar-refractivity contribution in [2.45, 2.75) is 26.2 Å². The highest BCUT2D eigenvalue weighted by Crippen LogP contribution is 2.30. The molecule has 0 aliphatic carbocycles. The number of thiophene rings is 1. The lowest BCUT2D eigenvalue weighted by atomic mass is 9.96. The average molecular weight is 236 g/mol. The highest BCUT2D eigenvalue weighted by Gasteiger charge is 2.22. The molecular weight excluding hydrogens is 220 g/mol. The molecule has 4 nitrogen and oxygen atoms in total. The number of hydrogen-bond donors (Lipinski definition) is 1. The number of hydrogen-bond acceptors (Lipinski definition) is 4. The normalized spacial score (nSPS) is 12.0. The molecule has 2 heterocycles. The summed E-state index contributed by atoms with van der Waals surface area (Å²) in [6, 6.07) is 1.98. The van der Waals surface area contributed by atoms with Gasteiger partial charge >= 0.3 is 0 Å². The van der Waals surface area contributed by atoms with Gasteiger partial charge in [-0.2, -0.15) is 5.10 Å². The SMILES string of the molecule is Cn1nc(C(C)(C)C)nc1-c1ccsc1N. The predicted molar refractivity (Wildman–Crippen MR) is 67.4 cm³/mol. The van der Waals surface area contributed by atoms with E-state index in [1.807, 2.05) is 18.5 Å². The number of nitrogens with two attached hydrogens (primary N) is 1. The van der Waals surface area contributed by atoms with E-state index in [0.29, 0.717) is 0 Å². The zero-order chi connectivity index (χ0) is 11.9. The molecule has 5 heteroatoms. The van der Waals surface area contributed by atoms with E-state index in [4.69, 9.17) is 5.73 Å². The van der Waals surface area contributed by atoms with Crippen molar-refractivity contribution in [3.63, 3.8) is 0 Å². The Balaban J connectivity index is 2.52. The molecular formula is C11H16N4S. The van der Waals surface area contributed by atoms with Gasteiger partial charge in [0, 0.05) is 12.5 Å². The van der Waals surface area contributed by atoms with Gasteiger partial charge in [0.2, 0.25) is 0 Å². The van der Waals surface area contributed by atoms with Crippen LogP contribution in [0.25, 0.3) is 11.4 Å². The number of nitrogen functional groups attached to an aromatic ring is 1. The smallest absolute Gasteiger partial charge is 0.161 e. The molecule has 86 valence electrons. The van der Waals surface area contributed by atoms with Crippen LogP contribution in [0.15, 0.2) is 11.4 Å². The van der Waals surface area contributed by atoms with E-state index in [-0.39, 0.29) is 5.41 Å². The van der Waals surface area contributed by atoms with Crippen molar-refractivity contribution in [2.75, 3.05) is 5.73 Å². The van der Waals surface area contributed by atoms with Gasteiger partial charge in [-0.1, -0.05) is 20.8 Å². The Labute approximate surface area is 99.1 Å². The van der Waals surface area contributed by atoms with E-state index in [2.05, 4.69) is 30.9 Å². The van der Waals surface area contributed by atoms with E-state index in [0.717, 1.165) is 22.2 Å². The Bertz CT molecular complexity index is 504. The molecule has 0 atom stereocenters. The average Bonchev–Trinajstić information content (AvgIpc) is 2.70. The molecule has 0 aliphatic rings.